The minimum absolute atomic E-state index is 0.0770. The van der Waals surface area contributed by atoms with Crippen molar-refractivity contribution in [1.29, 1.82) is 0 Å². The topological polar surface area (TPSA) is 85.0 Å². The van der Waals surface area contributed by atoms with Gasteiger partial charge in [-0.25, -0.2) is 0 Å². The van der Waals surface area contributed by atoms with Gasteiger partial charge in [0.15, 0.2) is 0 Å². The highest BCUT2D eigenvalue weighted by atomic mass is 16.2. The monoisotopic (exact) mass is 358 g/mol. The maximum absolute atomic E-state index is 12.5. The van der Waals surface area contributed by atoms with Crippen molar-refractivity contribution in [2.45, 2.75) is 59.8 Å². The summed E-state index contributed by atoms with van der Waals surface area (Å²) in [7, 11) is 0. The van der Waals surface area contributed by atoms with Crippen LogP contribution in [0.5, 0.6) is 0 Å². The molecule has 0 fully saturated rings. The molecule has 0 radical (unpaired) electrons. The van der Waals surface area contributed by atoms with Gasteiger partial charge >= 0.3 is 0 Å². The van der Waals surface area contributed by atoms with Gasteiger partial charge in [0.05, 0.1) is 30.2 Å². The molecule has 1 atom stereocenters. The molecule has 8 heteroatoms. The van der Waals surface area contributed by atoms with Gasteiger partial charge in [0.1, 0.15) is 6.04 Å². The van der Waals surface area contributed by atoms with Crippen LogP contribution in [0.1, 0.15) is 49.1 Å². The molecule has 1 N–H and O–H groups in total. The predicted molar refractivity (Wildman–Crippen MR) is 96.2 cm³/mol. The highest BCUT2D eigenvalue weighted by molar-refractivity contribution is 5.79. The van der Waals surface area contributed by atoms with Gasteiger partial charge in [-0.2, -0.15) is 10.2 Å². The van der Waals surface area contributed by atoms with Gasteiger partial charge in [-0.15, -0.1) is 0 Å². The van der Waals surface area contributed by atoms with E-state index in [0.717, 1.165) is 42.3 Å². The van der Waals surface area contributed by atoms with E-state index in [0.29, 0.717) is 13.1 Å². The van der Waals surface area contributed by atoms with Crippen molar-refractivity contribution in [1.82, 2.24) is 29.8 Å². The summed E-state index contributed by atoms with van der Waals surface area (Å²) in [6.07, 6.45) is 0.884. The number of fused-ring (bicyclic) bond motifs is 1. The average molecular weight is 358 g/mol. The van der Waals surface area contributed by atoms with Crippen LogP contribution < -0.4 is 5.32 Å². The van der Waals surface area contributed by atoms with E-state index in [4.69, 9.17) is 0 Å². The molecular weight excluding hydrogens is 332 g/mol. The van der Waals surface area contributed by atoms with E-state index in [9.17, 15) is 9.59 Å². The van der Waals surface area contributed by atoms with Crippen LogP contribution in [-0.4, -0.2) is 42.8 Å². The molecule has 2 amide bonds. The number of aromatic nitrogens is 4. The number of hydrogen-bond donors (Lipinski definition) is 1. The quantitative estimate of drug-likeness (QED) is 0.893. The zero-order valence-electron chi connectivity index (χ0n) is 15.8. The van der Waals surface area contributed by atoms with Crippen molar-refractivity contribution in [2.24, 2.45) is 0 Å². The first-order chi connectivity index (χ1) is 12.3. The lowest BCUT2D eigenvalue weighted by atomic mass is 10.3. The van der Waals surface area contributed by atoms with Crippen LogP contribution in [0.15, 0.2) is 12.1 Å². The molecule has 1 aliphatic heterocycles. The molecule has 2 aromatic heterocycles. The Morgan fingerprint density at radius 3 is 2.65 bits per heavy atom. The van der Waals surface area contributed by atoms with Gasteiger partial charge in [-0.05, 0) is 39.3 Å². The second-order valence-electron chi connectivity index (χ2n) is 6.91. The van der Waals surface area contributed by atoms with Crippen LogP contribution in [0.25, 0.3) is 0 Å². The molecule has 3 rings (SSSR count). The van der Waals surface area contributed by atoms with Crippen LogP contribution >= 0.6 is 0 Å². The van der Waals surface area contributed by atoms with E-state index in [2.05, 4.69) is 15.5 Å². The van der Waals surface area contributed by atoms with Gasteiger partial charge in [-0.1, -0.05) is 0 Å². The first-order valence-electron chi connectivity index (χ1n) is 8.96. The van der Waals surface area contributed by atoms with Crippen molar-refractivity contribution in [3.63, 3.8) is 0 Å². The number of aryl methyl sites for hydroxylation is 3. The van der Waals surface area contributed by atoms with Crippen molar-refractivity contribution in [2.75, 3.05) is 6.54 Å². The summed E-state index contributed by atoms with van der Waals surface area (Å²) < 4.78 is 3.67. The van der Waals surface area contributed by atoms with Crippen molar-refractivity contribution < 1.29 is 9.59 Å². The van der Waals surface area contributed by atoms with Crippen molar-refractivity contribution in [3.8, 4) is 0 Å². The smallest absolute Gasteiger partial charge is 0.244 e. The Morgan fingerprint density at radius 1 is 1.23 bits per heavy atom. The van der Waals surface area contributed by atoms with Crippen LogP contribution in [-0.2, 0) is 29.2 Å². The Kier molecular flexibility index (Phi) is 5.11. The molecule has 2 aromatic rings. The number of rotatable bonds is 4. The number of carbonyl (C=O) groups excluding carboxylic acids is 2. The summed E-state index contributed by atoms with van der Waals surface area (Å²) in [5, 5.41) is 11.9. The average Bonchev–Trinajstić information content (AvgIpc) is 3.06. The molecule has 1 aliphatic rings. The van der Waals surface area contributed by atoms with Crippen LogP contribution in [0, 0.1) is 13.8 Å². The summed E-state index contributed by atoms with van der Waals surface area (Å²) in [5.74, 6) is -0.0158. The van der Waals surface area contributed by atoms with Gasteiger partial charge in [0, 0.05) is 25.7 Å². The van der Waals surface area contributed by atoms with Crippen molar-refractivity contribution in [3.05, 3.63) is 34.9 Å². The van der Waals surface area contributed by atoms with Crippen LogP contribution in [0.4, 0.5) is 0 Å². The molecule has 0 aromatic carbocycles. The van der Waals surface area contributed by atoms with Gasteiger partial charge in [0.25, 0.3) is 0 Å². The second kappa shape index (κ2) is 7.31. The highest BCUT2D eigenvalue weighted by Crippen LogP contribution is 2.15. The standard InChI is InChI=1S/C18H26N6O2/c1-12-8-13(2)24(20-12)14(3)18(26)19-10-16-9-17-11-22(15(4)25)6-5-7-23(17)21-16/h8-9,14H,5-7,10-11H2,1-4H3,(H,19,26)/t14-/m1/s1. The molecule has 140 valence electrons. The van der Waals surface area contributed by atoms with E-state index in [1.165, 1.54) is 0 Å². The van der Waals surface area contributed by atoms with E-state index in [-0.39, 0.29) is 17.9 Å². The Labute approximate surface area is 153 Å². The zero-order chi connectivity index (χ0) is 18.8. The fraction of sp³-hybridized carbons (Fsp3) is 0.556. The predicted octanol–water partition coefficient (Wildman–Crippen LogP) is 1.33. The third kappa shape index (κ3) is 3.79. The van der Waals surface area contributed by atoms with Gasteiger partial charge in [-0.3, -0.25) is 19.0 Å². The van der Waals surface area contributed by atoms with Crippen LogP contribution in [0.3, 0.4) is 0 Å². The Balaban J connectivity index is 1.63. The molecule has 0 bridgehead atoms. The number of carbonyl (C=O) groups is 2. The molecule has 3 heterocycles. The first-order valence-corrected chi connectivity index (χ1v) is 8.96. The minimum atomic E-state index is -0.377. The lowest BCUT2D eigenvalue weighted by Crippen LogP contribution is -2.31. The molecule has 0 saturated carbocycles. The Hall–Kier alpha value is -2.64. The summed E-state index contributed by atoms with van der Waals surface area (Å²) in [6, 6.07) is 3.55. The minimum Gasteiger partial charge on any atom is -0.349 e. The van der Waals surface area contributed by atoms with Crippen molar-refractivity contribution >= 4 is 11.8 Å². The molecule has 0 saturated heterocycles. The van der Waals surface area contributed by atoms with E-state index in [1.54, 1.807) is 11.6 Å². The zero-order valence-corrected chi connectivity index (χ0v) is 15.8. The first kappa shape index (κ1) is 18.2. The van der Waals surface area contributed by atoms with E-state index >= 15 is 0 Å². The van der Waals surface area contributed by atoms with Crippen LogP contribution in [0.2, 0.25) is 0 Å². The lowest BCUT2D eigenvalue weighted by molar-refractivity contribution is -0.129. The Morgan fingerprint density at radius 2 is 2.00 bits per heavy atom. The maximum Gasteiger partial charge on any atom is 0.244 e. The number of amides is 2. The van der Waals surface area contributed by atoms with Gasteiger partial charge < -0.3 is 10.2 Å². The molecule has 0 aliphatic carbocycles. The summed E-state index contributed by atoms with van der Waals surface area (Å²) in [5.41, 5.74) is 3.67. The number of hydrogen-bond acceptors (Lipinski definition) is 4. The number of nitrogens with one attached hydrogen (secondary N) is 1. The molecule has 0 spiro atoms. The third-order valence-electron chi connectivity index (χ3n) is 4.74. The molecular formula is C18H26N6O2. The SMILES string of the molecule is CC(=O)N1CCCn2nc(CNC(=O)[C@@H](C)n3nc(C)cc3C)cc2C1. The number of nitrogens with zero attached hydrogens (tertiary/aromatic N) is 5. The summed E-state index contributed by atoms with van der Waals surface area (Å²) >= 11 is 0. The fourth-order valence-corrected chi connectivity index (χ4v) is 3.35. The van der Waals surface area contributed by atoms with Gasteiger partial charge in [0.2, 0.25) is 11.8 Å². The summed E-state index contributed by atoms with van der Waals surface area (Å²) in [6.45, 7) is 9.75. The lowest BCUT2D eigenvalue weighted by Gasteiger charge is -2.17. The molecule has 0 unspecified atom stereocenters. The largest absolute Gasteiger partial charge is 0.349 e. The maximum atomic E-state index is 12.5. The molecule has 8 nitrogen and oxygen atoms in total. The highest BCUT2D eigenvalue weighted by Gasteiger charge is 2.20. The molecule has 26 heavy (non-hydrogen) atoms. The summed E-state index contributed by atoms with van der Waals surface area (Å²) in [4.78, 5) is 25.9. The van der Waals surface area contributed by atoms with E-state index in [1.807, 2.05) is 42.5 Å². The third-order valence-corrected chi connectivity index (χ3v) is 4.74. The second-order valence-corrected chi connectivity index (χ2v) is 6.91. The normalized spacial score (nSPS) is 15.3. The Bertz CT molecular complexity index is 822. The fourth-order valence-electron chi connectivity index (χ4n) is 3.35. The van der Waals surface area contributed by atoms with E-state index < -0.39 is 0 Å².